The molecule has 1 aromatic carbocycles. The van der Waals surface area contributed by atoms with Crippen LogP contribution in [-0.2, 0) is 17.6 Å². The van der Waals surface area contributed by atoms with Gasteiger partial charge in [-0.15, -0.1) is 0 Å². The minimum atomic E-state index is 0.0647. The van der Waals surface area contributed by atoms with Crippen molar-refractivity contribution in [2.45, 2.75) is 38.5 Å². The molecule has 1 heterocycles. The van der Waals surface area contributed by atoms with Crippen molar-refractivity contribution in [3.05, 3.63) is 28.8 Å². The summed E-state index contributed by atoms with van der Waals surface area (Å²) in [6.07, 6.45) is 4.48. The summed E-state index contributed by atoms with van der Waals surface area (Å²) in [5.41, 5.74) is 4.44. The van der Waals surface area contributed by atoms with Gasteiger partial charge in [0.15, 0.2) is 0 Å². The highest BCUT2D eigenvalue weighted by Crippen LogP contribution is 2.42. The molecular weight excluding hydrogens is 226 g/mol. The largest absolute Gasteiger partial charge is 0.493 e. The van der Waals surface area contributed by atoms with E-state index in [1.54, 1.807) is 6.92 Å². The molecule has 0 saturated heterocycles. The molecule has 0 aromatic heterocycles. The topological polar surface area (TPSA) is 38.3 Å². The molecule has 0 radical (unpaired) electrons. The van der Waals surface area contributed by atoms with Gasteiger partial charge in [-0.25, -0.2) is 0 Å². The molecule has 0 unspecified atom stereocenters. The summed E-state index contributed by atoms with van der Waals surface area (Å²) in [5.74, 6) is 1.75. The highest BCUT2D eigenvalue weighted by molar-refractivity contribution is 5.72. The van der Waals surface area contributed by atoms with E-state index in [9.17, 15) is 4.79 Å². The number of nitrogens with one attached hydrogen (secondary N) is 1. The Labute approximate surface area is 108 Å². The summed E-state index contributed by atoms with van der Waals surface area (Å²) < 4.78 is 5.65. The van der Waals surface area contributed by atoms with Gasteiger partial charge in [0, 0.05) is 25.5 Å². The van der Waals surface area contributed by atoms with Crippen LogP contribution < -0.4 is 10.1 Å². The molecule has 1 atom stereocenters. The number of ether oxygens (including phenoxy) is 1. The number of rotatable bonds is 3. The number of carbonyl (C=O) groups excluding carboxylic acids is 1. The second-order valence-corrected chi connectivity index (χ2v) is 5.22. The van der Waals surface area contributed by atoms with Crippen LogP contribution >= 0.6 is 0 Å². The molecule has 0 fully saturated rings. The number of amides is 1. The van der Waals surface area contributed by atoms with Gasteiger partial charge in [-0.05, 0) is 42.4 Å². The van der Waals surface area contributed by atoms with E-state index in [0.29, 0.717) is 5.92 Å². The van der Waals surface area contributed by atoms with Crippen LogP contribution in [0.3, 0.4) is 0 Å². The molecule has 1 N–H and O–H groups in total. The third-order valence-corrected chi connectivity index (χ3v) is 4.05. The summed E-state index contributed by atoms with van der Waals surface area (Å²) in [4.78, 5) is 10.9. The Kier molecular flexibility index (Phi) is 2.98. The summed E-state index contributed by atoms with van der Waals surface area (Å²) in [5, 5.41) is 2.90. The quantitative estimate of drug-likeness (QED) is 0.886. The van der Waals surface area contributed by atoms with Crippen LogP contribution in [0.5, 0.6) is 5.75 Å². The number of hydrogen-bond donors (Lipinski definition) is 1. The lowest BCUT2D eigenvalue weighted by Crippen LogP contribution is -2.22. The molecular formula is C15H19NO2. The number of hydrogen-bond acceptors (Lipinski definition) is 2. The first-order valence-electron chi connectivity index (χ1n) is 6.77. The summed E-state index contributed by atoms with van der Waals surface area (Å²) in [6.45, 7) is 3.18. The number of carbonyl (C=O) groups is 1. The molecule has 3 rings (SSSR count). The monoisotopic (exact) mass is 245 g/mol. The second kappa shape index (κ2) is 4.63. The minimum absolute atomic E-state index is 0.0647. The highest BCUT2D eigenvalue weighted by Gasteiger charge is 2.28. The molecule has 0 bridgehead atoms. The molecule has 1 amide bonds. The van der Waals surface area contributed by atoms with Gasteiger partial charge in [0.1, 0.15) is 5.75 Å². The third kappa shape index (κ3) is 1.98. The van der Waals surface area contributed by atoms with E-state index in [1.165, 1.54) is 29.5 Å². The van der Waals surface area contributed by atoms with E-state index in [-0.39, 0.29) is 5.91 Å². The lowest BCUT2D eigenvalue weighted by atomic mass is 9.92. The molecule has 0 spiro atoms. The fourth-order valence-electron chi connectivity index (χ4n) is 3.26. The lowest BCUT2D eigenvalue weighted by molar-refractivity contribution is -0.118. The van der Waals surface area contributed by atoms with Crippen molar-refractivity contribution in [3.8, 4) is 5.75 Å². The molecule has 0 saturated carbocycles. The molecule has 3 heteroatoms. The zero-order chi connectivity index (χ0) is 12.5. The average Bonchev–Trinajstić information content (AvgIpc) is 2.93. The van der Waals surface area contributed by atoms with Crippen molar-refractivity contribution >= 4 is 5.91 Å². The van der Waals surface area contributed by atoms with E-state index in [2.05, 4.69) is 17.4 Å². The summed E-state index contributed by atoms with van der Waals surface area (Å²) in [6, 6.07) is 4.34. The first kappa shape index (κ1) is 11.6. The van der Waals surface area contributed by atoms with Crippen molar-refractivity contribution in [3.63, 3.8) is 0 Å². The van der Waals surface area contributed by atoms with Crippen molar-refractivity contribution in [2.75, 3.05) is 13.2 Å². The second-order valence-electron chi connectivity index (χ2n) is 5.22. The van der Waals surface area contributed by atoms with Gasteiger partial charge in [0.2, 0.25) is 5.91 Å². The summed E-state index contributed by atoms with van der Waals surface area (Å²) in [7, 11) is 0. The van der Waals surface area contributed by atoms with Crippen LogP contribution in [-0.4, -0.2) is 19.1 Å². The van der Waals surface area contributed by atoms with E-state index < -0.39 is 0 Å². The fourth-order valence-corrected chi connectivity index (χ4v) is 3.26. The van der Waals surface area contributed by atoms with Crippen LogP contribution in [0, 0.1) is 0 Å². The first-order chi connectivity index (χ1) is 8.75. The van der Waals surface area contributed by atoms with Crippen LogP contribution in [0.2, 0.25) is 0 Å². The number of aryl methyl sites for hydroxylation is 1. The van der Waals surface area contributed by atoms with E-state index in [1.807, 2.05) is 0 Å². The Bertz CT molecular complexity index is 482. The maximum atomic E-state index is 10.9. The van der Waals surface area contributed by atoms with Gasteiger partial charge in [0.05, 0.1) is 6.61 Å². The Balaban J connectivity index is 1.78. The Morgan fingerprint density at radius 1 is 1.44 bits per heavy atom. The van der Waals surface area contributed by atoms with Crippen molar-refractivity contribution < 1.29 is 9.53 Å². The SMILES string of the molecule is CC(=O)NCC[C@H]1CCc2ccc3c(c21)CCO3. The lowest BCUT2D eigenvalue weighted by Gasteiger charge is -2.14. The van der Waals surface area contributed by atoms with Crippen molar-refractivity contribution in [1.29, 1.82) is 0 Å². The number of fused-ring (bicyclic) bond motifs is 3. The van der Waals surface area contributed by atoms with Gasteiger partial charge in [-0.1, -0.05) is 6.07 Å². The third-order valence-electron chi connectivity index (χ3n) is 4.05. The molecule has 1 aliphatic carbocycles. The average molecular weight is 245 g/mol. The van der Waals surface area contributed by atoms with Gasteiger partial charge in [-0.3, -0.25) is 4.79 Å². The fraction of sp³-hybridized carbons (Fsp3) is 0.533. The molecule has 96 valence electrons. The van der Waals surface area contributed by atoms with E-state index in [0.717, 1.165) is 31.7 Å². The van der Waals surface area contributed by atoms with Crippen molar-refractivity contribution in [1.82, 2.24) is 5.32 Å². The standard InChI is InChI=1S/C15H19NO2/c1-10(17)16-8-6-12-3-2-11-4-5-14-13(15(11)12)7-9-18-14/h4-5,12H,2-3,6-9H2,1H3,(H,16,17)/t12-/m1/s1. The molecule has 2 aliphatic rings. The molecule has 3 nitrogen and oxygen atoms in total. The van der Waals surface area contributed by atoms with Crippen LogP contribution in [0.4, 0.5) is 0 Å². The Morgan fingerprint density at radius 2 is 2.33 bits per heavy atom. The van der Waals surface area contributed by atoms with Crippen molar-refractivity contribution in [2.24, 2.45) is 0 Å². The van der Waals surface area contributed by atoms with Crippen LogP contribution in [0.1, 0.15) is 42.4 Å². The van der Waals surface area contributed by atoms with Gasteiger partial charge in [-0.2, -0.15) is 0 Å². The van der Waals surface area contributed by atoms with Crippen LogP contribution in [0.25, 0.3) is 0 Å². The smallest absolute Gasteiger partial charge is 0.216 e. The predicted octanol–water partition coefficient (Wildman–Crippen LogP) is 2.18. The van der Waals surface area contributed by atoms with E-state index in [4.69, 9.17) is 4.74 Å². The molecule has 1 aliphatic heterocycles. The van der Waals surface area contributed by atoms with Gasteiger partial charge < -0.3 is 10.1 Å². The zero-order valence-corrected chi connectivity index (χ0v) is 10.8. The maximum absolute atomic E-state index is 10.9. The minimum Gasteiger partial charge on any atom is -0.493 e. The van der Waals surface area contributed by atoms with E-state index >= 15 is 0 Å². The summed E-state index contributed by atoms with van der Waals surface area (Å²) >= 11 is 0. The van der Waals surface area contributed by atoms with Gasteiger partial charge >= 0.3 is 0 Å². The van der Waals surface area contributed by atoms with Gasteiger partial charge in [0.25, 0.3) is 0 Å². The normalized spacial score (nSPS) is 20.2. The molecule has 1 aromatic rings. The van der Waals surface area contributed by atoms with Crippen LogP contribution in [0.15, 0.2) is 12.1 Å². The highest BCUT2D eigenvalue weighted by atomic mass is 16.5. The Hall–Kier alpha value is -1.51. The predicted molar refractivity (Wildman–Crippen MR) is 70.0 cm³/mol. The first-order valence-corrected chi connectivity index (χ1v) is 6.77. The Morgan fingerprint density at radius 3 is 3.17 bits per heavy atom. The number of benzene rings is 1. The maximum Gasteiger partial charge on any atom is 0.216 e. The molecule has 18 heavy (non-hydrogen) atoms. The zero-order valence-electron chi connectivity index (χ0n) is 10.8.